The Kier molecular flexibility index (Phi) is 7.23. The van der Waals surface area contributed by atoms with Crippen LogP contribution in [0.2, 0.25) is 5.02 Å². The molecule has 0 aliphatic carbocycles. The molecule has 0 radical (unpaired) electrons. The van der Waals surface area contributed by atoms with E-state index in [1.165, 1.54) is 0 Å². The Morgan fingerprint density at radius 3 is 2.51 bits per heavy atom. The van der Waals surface area contributed by atoms with Crippen molar-refractivity contribution in [1.82, 2.24) is 29.7 Å². The van der Waals surface area contributed by atoms with Crippen LogP contribution in [-0.2, 0) is 0 Å². The van der Waals surface area contributed by atoms with E-state index >= 15 is 0 Å². The third-order valence-corrected chi connectivity index (χ3v) is 8.42. The Morgan fingerprint density at radius 2 is 1.79 bits per heavy atom. The van der Waals surface area contributed by atoms with Crippen LogP contribution in [-0.4, -0.2) is 80.5 Å². The monoisotopic (exact) mass is 543 g/mol. The number of H-pyrrole nitrogens is 1. The van der Waals surface area contributed by atoms with E-state index in [4.69, 9.17) is 21.6 Å². The number of carbonyl (C=O) groups is 1. The molecular weight excluding hydrogens is 510 g/mol. The molecule has 0 bridgehead atoms. The summed E-state index contributed by atoms with van der Waals surface area (Å²) < 4.78 is 0. The quantitative estimate of drug-likeness (QED) is 0.373. The molecule has 4 heterocycles. The van der Waals surface area contributed by atoms with E-state index in [-0.39, 0.29) is 5.91 Å². The van der Waals surface area contributed by atoms with Crippen molar-refractivity contribution in [1.29, 1.82) is 0 Å². The first-order valence-electron chi connectivity index (χ1n) is 13.8. The number of anilines is 1. The van der Waals surface area contributed by atoms with Gasteiger partial charge in [-0.2, -0.15) is 0 Å². The summed E-state index contributed by atoms with van der Waals surface area (Å²) in [5, 5.41) is 0.651. The molecule has 0 unspecified atom stereocenters. The molecule has 0 spiro atoms. The van der Waals surface area contributed by atoms with Crippen LogP contribution in [0.1, 0.15) is 42.2 Å². The van der Waals surface area contributed by atoms with Gasteiger partial charge in [-0.3, -0.25) is 9.69 Å². The SMILES string of the molecule is CC[C@H]1CN(c2ncc(-c3nc4ccccc4[nH]3)nc2C)CCN1C1CCN(C(=O)c2ccc(Cl)cc2)CC1. The largest absolute Gasteiger partial charge is 0.352 e. The summed E-state index contributed by atoms with van der Waals surface area (Å²) in [6, 6.07) is 16.1. The molecule has 1 N–H and O–H groups in total. The highest BCUT2D eigenvalue weighted by Gasteiger charge is 2.35. The van der Waals surface area contributed by atoms with Gasteiger partial charge in [0.25, 0.3) is 5.91 Å². The summed E-state index contributed by atoms with van der Waals surface area (Å²) in [5.74, 6) is 1.80. The van der Waals surface area contributed by atoms with Crippen molar-refractivity contribution in [2.24, 2.45) is 0 Å². The zero-order valence-electron chi connectivity index (χ0n) is 22.5. The molecule has 0 saturated carbocycles. The van der Waals surface area contributed by atoms with Gasteiger partial charge in [0.1, 0.15) is 11.5 Å². The molecule has 4 aromatic rings. The van der Waals surface area contributed by atoms with Crippen LogP contribution in [0.15, 0.2) is 54.7 Å². The smallest absolute Gasteiger partial charge is 0.253 e. The number of halogens is 1. The van der Waals surface area contributed by atoms with Gasteiger partial charge in [-0.25, -0.2) is 15.0 Å². The molecule has 1 amide bonds. The Bertz CT molecular complexity index is 1430. The Balaban J connectivity index is 1.09. The summed E-state index contributed by atoms with van der Waals surface area (Å²) in [4.78, 5) is 37.8. The normalized spacial score (nSPS) is 19.1. The number of likely N-dealkylation sites (tertiary alicyclic amines) is 1. The number of aromatic nitrogens is 4. The van der Waals surface area contributed by atoms with E-state index in [9.17, 15) is 4.79 Å². The number of aryl methyl sites for hydroxylation is 1. The Morgan fingerprint density at radius 1 is 1.03 bits per heavy atom. The predicted octanol–water partition coefficient (Wildman–Crippen LogP) is 5.19. The highest BCUT2D eigenvalue weighted by atomic mass is 35.5. The van der Waals surface area contributed by atoms with Gasteiger partial charge in [0.2, 0.25) is 0 Å². The van der Waals surface area contributed by atoms with Crippen LogP contribution in [0.3, 0.4) is 0 Å². The molecule has 9 heteroatoms. The second-order valence-corrected chi connectivity index (χ2v) is 11.0. The number of carbonyl (C=O) groups excluding carboxylic acids is 1. The lowest BCUT2D eigenvalue weighted by Crippen LogP contribution is -2.58. The molecule has 1 atom stereocenters. The highest BCUT2D eigenvalue weighted by molar-refractivity contribution is 6.30. The van der Waals surface area contributed by atoms with Gasteiger partial charge in [-0.15, -0.1) is 0 Å². The van der Waals surface area contributed by atoms with Crippen molar-refractivity contribution in [3.05, 3.63) is 71.0 Å². The Labute approximate surface area is 234 Å². The lowest BCUT2D eigenvalue weighted by atomic mass is 9.97. The van der Waals surface area contributed by atoms with Crippen LogP contribution >= 0.6 is 11.6 Å². The third-order valence-electron chi connectivity index (χ3n) is 8.16. The average molecular weight is 544 g/mol. The van der Waals surface area contributed by atoms with Gasteiger partial charge >= 0.3 is 0 Å². The van der Waals surface area contributed by atoms with E-state index in [0.717, 1.165) is 86.0 Å². The van der Waals surface area contributed by atoms with Crippen LogP contribution in [0.4, 0.5) is 5.82 Å². The number of piperidine rings is 1. The van der Waals surface area contributed by atoms with E-state index in [2.05, 4.69) is 26.7 Å². The number of nitrogens with zero attached hydrogens (tertiary/aromatic N) is 6. The fourth-order valence-electron chi connectivity index (χ4n) is 6.06. The van der Waals surface area contributed by atoms with E-state index in [1.54, 1.807) is 12.1 Å². The minimum Gasteiger partial charge on any atom is -0.352 e. The van der Waals surface area contributed by atoms with Crippen molar-refractivity contribution in [3.63, 3.8) is 0 Å². The lowest BCUT2D eigenvalue weighted by Gasteiger charge is -2.47. The maximum Gasteiger partial charge on any atom is 0.253 e. The summed E-state index contributed by atoms with van der Waals surface area (Å²) in [6.45, 7) is 8.71. The zero-order chi connectivity index (χ0) is 26.9. The zero-order valence-corrected chi connectivity index (χ0v) is 23.2. The first-order chi connectivity index (χ1) is 19.0. The van der Waals surface area contributed by atoms with Gasteiger partial charge in [-0.05, 0) is 62.6 Å². The minimum atomic E-state index is 0.0992. The number of fused-ring (bicyclic) bond motifs is 1. The molecule has 2 aromatic heterocycles. The second-order valence-electron chi connectivity index (χ2n) is 10.5. The highest BCUT2D eigenvalue weighted by Crippen LogP contribution is 2.28. The van der Waals surface area contributed by atoms with Crippen molar-refractivity contribution in [3.8, 4) is 11.5 Å². The molecule has 202 valence electrons. The molecular formula is C30H34ClN7O. The standard InChI is InChI=1S/C30H34ClN7O/c1-3-23-19-37(29-20(2)33-27(18-32-29)28-34-25-6-4-5-7-26(25)35-28)16-17-38(23)24-12-14-36(15-13-24)30(39)21-8-10-22(31)11-9-21/h4-11,18,23-24H,3,12-17,19H2,1-2H3,(H,34,35)/t23-/m0/s1. The van der Waals surface area contributed by atoms with Gasteiger partial charge in [0.05, 0.1) is 22.9 Å². The van der Waals surface area contributed by atoms with Crippen LogP contribution in [0, 0.1) is 6.92 Å². The van der Waals surface area contributed by atoms with Crippen molar-refractivity contribution in [2.75, 3.05) is 37.6 Å². The third kappa shape index (κ3) is 5.23. The molecule has 2 aliphatic heterocycles. The van der Waals surface area contributed by atoms with Gasteiger partial charge in [0, 0.05) is 55.4 Å². The molecule has 8 nitrogen and oxygen atoms in total. The Hall–Kier alpha value is -3.49. The number of hydrogen-bond donors (Lipinski definition) is 1. The molecule has 2 aliphatic rings. The minimum absolute atomic E-state index is 0.0992. The maximum absolute atomic E-state index is 13.0. The molecule has 2 saturated heterocycles. The molecule has 2 fully saturated rings. The van der Waals surface area contributed by atoms with Crippen molar-refractivity contribution in [2.45, 2.75) is 45.2 Å². The predicted molar refractivity (Wildman–Crippen MR) is 155 cm³/mol. The number of aromatic amines is 1. The maximum atomic E-state index is 13.0. The second kappa shape index (κ2) is 10.9. The number of benzene rings is 2. The molecule has 6 rings (SSSR count). The first-order valence-corrected chi connectivity index (χ1v) is 14.2. The summed E-state index contributed by atoms with van der Waals surface area (Å²) >= 11 is 5.99. The lowest BCUT2D eigenvalue weighted by molar-refractivity contribution is 0.0490. The summed E-state index contributed by atoms with van der Waals surface area (Å²) in [7, 11) is 0. The summed E-state index contributed by atoms with van der Waals surface area (Å²) in [5.41, 5.74) is 4.32. The van der Waals surface area contributed by atoms with Gasteiger partial charge in [0.15, 0.2) is 5.82 Å². The molecule has 39 heavy (non-hydrogen) atoms. The van der Waals surface area contributed by atoms with Gasteiger partial charge in [-0.1, -0.05) is 30.7 Å². The number of nitrogens with one attached hydrogen (secondary N) is 1. The summed E-state index contributed by atoms with van der Waals surface area (Å²) in [6.07, 6.45) is 4.91. The van der Waals surface area contributed by atoms with E-state index in [0.29, 0.717) is 22.7 Å². The fraction of sp³-hybridized carbons (Fsp3) is 0.400. The number of para-hydroxylation sites is 2. The first kappa shape index (κ1) is 25.8. The fourth-order valence-corrected chi connectivity index (χ4v) is 6.18. The number of amides is 1. The van der Waals surface area contributed by atoms with E-state index in [1.807, 2.05) is 54.4 Å². The number of hydrogen-bond acceptors (Lipinski definition) is 6. The van der Waals surface area contributed by atoms with Crippen molar-refractivity contribution < 1.29 is 4.79 Å². The van der Waals surface area contributed by atoms with Gasteiger partial charge < -0.3 is 14.8 Å². The van der Waals surface area contributed by atoms with E-state index < -0.39 is 0 Å². The van der Waals surface area contributed by atoms with Crippen molar-refractivity contribution >= 4 is 34.4 Å². The molecule has 2 aromatic carbocycles. The van der Waals surface area contributed by atoms with Crippen LogP contribution < -0.4 is 4.90 Å². The van der Waals surface area contributed by atoms with Crippen LogP contribution in [0.5, 0.6) is 0 Å². The van der Waals surface area contributed by atoms with Crippen LogP contribution in [0.25, 0.3) is 22.6 Å². The number of rotatable bonds is 5. The average Bonchev–Trinajstić information content (AvgIpc) is 3.41. The number of imidazole rings is 1. The number of piperazine rings is 1. The topological polar surface area (TPSA) is 81.2 Å².